The van der Waals surface area contributed by atoms with Crippen molar-refractivity contribution in [2.24, 2.45) is 5.92 Å². The van der Waals surface area contributed by atoms with Crippen molar-refractivity contribution in [2.45, 2.75) is 51.0 Å². The molecule has 1 fully saturated rings. The molecular formula is C14H24N2O5. The van der Waals surface area contributed by atoms with Crippen LogP contribution >= 0.6 is 0 Å². The van der Waals surface area contributed by atoms with E-state index in [0.29, 0.717) is 12.3 Å². The summed E-state index contributed by atoms with van der Waals surface area (Å²) in [6.45, 7) is 1.94. The average molecular weight is 300 g/mol. The molecule has 0 spiro atoms. The van der Waals surface area contributed by atoms with Crippen LogP contribution < -0.4 is 10.6 Å². The van der Waals surface area contributed by atoms with Gasteiger partial charge in [-0.3, -0.25) is 9.59 Å². The quantitative estimate of drug-likeness (QED) is 0.495. The normalized spacial score (nSPS) is 17.1. The molecule has 0 saturated carbocycles. The fourth-order valence-electron chi connectivity index (χ4n) is 2.49. The van der Waals surface area contributed by atoms with Gasteiger partial charge in [-0.15, -0.1) is 0 Å². The van der Waals surface area contributed by atoms with Gasteiger partial charge in [-0.1, -0.05) is 0 Å². The summed E-state index contributed by atoms with van der Waals surface area (Å²) in [4.78, 5) is 33.2. The van der Waals surface area contributed by atoms with Gasteiger partial charge in [0.05, 0.1) is 0 Å². The van der Waals surface area contributed by atoms with Crippen LogP contribution in [0.5, 0.6) is 0 Å². The van der Waals surface area contributed by atoms with Crippen molar-refractivity contribution in [3.05, 3.63) is 0 Å². The first-order chi connectivity index (χ1) is 9.99. The van der Waals surface area contributed by atoms with Gasteiger partial charge < -0.3 is 20.8 Å². The standard InChI is InChI=1S/C14H24N2O5/c17-12(5-4-10-6-8-15-9-7-10)16-11(14(20)21)2-1-3-13(18)19/h10-11,15H,1-9H2,(H,16,17)(H,18,19)(H,20,21)/t11-/m1/s1. The predicted octanol–water partition coefficient (Wildman–Crippen LogP) is 0.591. The minimum absolute atomic E-state index is 0.0886. The summed E-state index contributed by atoms with van der Waals surface area (Å²) in [7, 11) is 0. The fraction of sp³-hybridized carbons (Fsp3) is 0.786. The van der Waals surface area contributed by atoms with Crippen molar-refractivity contribution in [3.63, 3.8) is 0 Å². The summed E-state index contributed by atoms with van der Waals surface area (Å²) < 4.78 is 0. The van der Waals surface area contributed by atoms with E-state index in [0.717, 1.165) is 32.4 Å². The van der Waals surface area contributed by atoms with Crippen LogP contribution in [0.25, 0.3) is 0 Å². The number of aliphatic carboxylic acids is 2. The Bertz CT molecular complexity index is 366. The maximum absolute atomic E-state index is 11.8. The predicted molar refractivity (Wildman–Crippen MR) is 75.9 cm³/mol. The van der Waals surface area contributed by atoms with Gasteiger partial charge in [-0.05, 0) is 51.1 Å². The highest BCUT2D eigenvalue weighted by Gasteiger charge is 2.21. The molecule has 1 rings (SSSR count). The van der Waals surface area contributed by atoms with Gasteiger partial charge in [0.15, 0.2) is 0 Å². The van der Waals surface area contributed by atoms with Crippen molar-refractivity contribution in [2.75, 3.05) is 13.1 Å². The molecule has 1 heterocycles. The van der Waals surface area contributed by atoms with Gasteiger partial charge in [0.25, 0.3) is 0 Å². The largest absolute Gasteiger partial charge is 0.481 e. The lowest BCUT2D eigenvalue weighted by molar-refractivity contribution is -0.142. The summed E-state index contributed by atoms with van der Waals surface area (Å²) in [6, 6.07) is -0.995. The summed E-state index contributed by atoms with van der Waals surface area (Å²) >= 11 is 0. The highest BCUT2D eigenvalue weighted by atomic mass is 16.4. The minimum Gasteiger partial charge on any atom is -0.481 e. The van der Waals surface area contributed by atoms with Crippen LogP contribution in [0.3, 0.4) is 0 Å². The molecule has 0 aromatic carbocycles. The first kappa shape index (κ1) is 17.4. The lowest BCUT2D eigenvalue weighted by Crippen LogP contribution is -2.41. The maximum atomic E-state index is 11.8. The van der Waals surface area contributed by atoms with Crippen LogP contribution in [-0.4, -0.2) is 47.2 Å². The van der Waals surface area contributed by atoms with Gasteiger partial charge in [0, 0.05) is 12.8 Å². The van der Waals surface area contributed by atoms with Gasteiger partial charge in [0.2, 0.25) is 5.91 Å². The number of rotatable bonds is 9. The van der Waals surface area contributed by atoms with Crippen LogP contribution in [0.1, 0.15) is 44.9 Å². The molecule has 0 unspecified atom stereocenters. The van der Waals surface area contributed by atoms with E-state index in [1.54, 1.807) is 0 Å². The van der Waals surface area contributed by atoms with E-state index in [4.69, 9.17) is 10.2 Å². The molecule has 21 heavy (non-hydrogen) atoms. The van der Waals surface area contributed by atoms with Gasteiger partial charge in [-0.25, -0.2) is 4.79 Å². The lowest BCUT2D eigenvalue weighted by Gasteiger charge is -2.22. The average Bonchev–Trinajstić information content (AvgIpc) is 2.44. The molecular weight excluding hydrogens is 276 g/mol. The minimum atomic E-state index is -1.12. The van der Waals surface area contributed by atoms with Crippen LogP contribution in [-0.2, 0) is 14.4 Å². The van der Waals surface area contributed by atoms with E-state index in [9.17, 15) is 14.4 Å². The molecule has 120 valence electrons. The highest BCUT2D eigenvalue weighted by Crippen LogP contribution is 2.17. The maximum Gasteiger partial charge on any atom is 0.326 e. The van der Waals surface area contributed by atoms with Crippen LogP contribution in [0.2, 0.25) is 0 Å². The van der Waals surface area contributed by atoms with E-state index in [1.807, 2.05) is 0 Å². The Morgan fingerprint density at radius 2 is 1.81 bits per heavy atom. The molecule has 0 aromatic rings. The number of carboxylic acid groups (broad SMARTS) is 2. The lowest BCUT2D eigenvalue weighted by atomic mass is 9.93. The van der Waals surface area contributed by atoms with E-state index in [1.165, 1.54) is 0 Å². The summed E-state index contributed by atoms with van der Waals surface area (Å²) in [6.07, 6.45) is 3.49. The smallest absolute Gasteiger partial charge is 0.326 e. The first-order valence-corrected chi connectivity index (χ1v) is 7.43. The molecule has 1 aliphatic rings. The number of nitrogens with one attached hydrogen (secondary N) is 2. The summed E-state index contributed by atoms with van der Waals surface area (Å²) in [5.41, 5.74) is 0. The molecule has 0 bridgehead atoms. The number of piperidine rings is 1. The molecule has 1 saturated heterocycles. The molecule has 7 heteroatoms. The molecule has 1 atom stereocenters. The monoisotopic (exact) mass is 300 g/mol. The van der Waals surface area contributed by atoms with Crippen molar-refractivity contribution >= 4 is 17.8 Å². The van der Waals surface area contributed by atoms with E-state index >= 15 is 0 Å². The number of carboxylic acids is 2. The molecule has 0 radical (unpaired) electrons. The Balaban J connectivity index is 2.27. The third-order valence-corrected chi connectivity index (χ3v) is 3.76. The fourth-order valence-corrected chi connectivity index (χ4v) is 2.49. The number of amides is 1. The number of hydrogen-bond donors (Lipinski definition) is 4. The third kappa shape index (κ3) is 7.65. The zero-order valence-corrected chi connectivity index (χ0v) is 12.1. The second-order valence-corrected chi connectivity index (χ2v) is 5.48. The van der Waals surface area contributed by atoms with Crippen LogP contribution in [0.4, 0.5) is 0 Å². The molecule has 4 N–H and O–H groups in total. The van der Waals surface area contributed by atoms with E-state index < -0.39 is 18.0 Å². The number of carbonyl (C=O) groups is 3. The van der Waals surface area contributed by atoms with E-state index in [-0.39, 0.29) is 25.2 Å². The summed E-state index contributed by atoms with van der Waals surface area (Å²) in [5, 5.41) is 23.3. The van der Waals surface area contributed by atoms with Gasteiger partial charge >= 0.3 is 11.9 Å². The van der Waals surface area contributed by atoms with Gasteiger partial charge in [0.1, 0.15) is 6.04 Å². The zero-order chi connectivity index (χ0) is 15.7. The number of carbonyl (C=O) groups excluding carboxylic acids is 1. The molecule has 0 aromatic heterocycles. The Kier molecular flexibility index (Phi) is 7.74. The van der Waals surface area contributed by atoms with E-state index in [2.05, 4.69) is 10.6 Å². The van der Waals surface area contributed by atoms with Crippen LogP contribution in [0.15, 0.2) is 0 Å². The molecule has 0 aliphatic carbocycles. The van der Waals surface area contributed by atoms with Crippen molar-refractivity contribution in [3.8, 4) is 0 Å². The number of hydrogen-bond acceptors (Lipinski definition) is 4. The van der Waals surface area contributed by atoms with Crippen molar-refractivity contribution in [1.82, 2.24) is 10.6 Å². The second-order valence-electron chi connectivity index (χ2n) is 5.48. The molecule has 1 aliphatic heterocycles. The van der Waals surface area contributed by atoms with Crippen molar-refractivity contribution < 1.29 is 24.6 Å². The summed E-state index contributed by atoms with van der Waals surface area (Å²) in [5.74, 6) is -1.82. The second kappa shape index (κ2) is 9.33. The van der Waals surface area contributed by atoms with Crippen LogP contribution in [0, 0.1) is 5.92 Å². The molecule has 7 nitrogen and oxygen atoms in total. The van der Waals surface area contributed by atoms with Crippen molar-refractivity contribution in [1.29, 1.82) is 0 Å². The zero-order valence-electron chi connectivity index (χ0n) is 12.1. The Labute approximate surface area is 124 Å². The first-order valence-electron chi connectivity index (χ1n) is 7.43. The molecule has 1 amide bonds. The van der Waals surface area contributed by atoms with Gasteiger partial charge in [-0.2, -0.15) is 0 Å². The third-order valence-electron chi connectivity index (χ3n) is 3.76. The Morgan fingerprint density at radius 3 is 2.38 bits per heavy atom. The SMILES string of the molecule is O=C(O)CCC[C@@H](NC(=O)CCC1CCNCC1)C(=O)O. The Morgan fingerprint density at radius 1 is 1.14 bits per heavy atom. The Hall–Kier alpha value is -1.63. The topological polar surface area (TPSA) is 116 Å². The highest BCUT2D eigenvalue weighted by molar-refractivity contribution is 5.83.